The number of sulfonamides is 1. The van der Waals surface area contributed by atoms with Gasteiger partial charge in [-0.25, -0.2) is 13.1 Å². The maximum absolute atomic E-state index is 12.2. The molecule has 1 aliphatic heterocycles. The normalized spacial score (nSPS) is 14.1. The van der Waals surface area contributed by atoms with Gasteiger partial charge in [0.15, 0.2) is 0 Å². The fourth-order valence-electron chi connectivity index (χ4n) is 2.41. The highest BCUT2D eigenvalue weighted by Crippen LogP contribution is 2.19. The number of rotatable bonds is 5. The fraction of sp³-hybridized carbons (Fsp3) is 0.188. The van der Waals surface area contributed by atoms with Crippen LogP contribution in [-0.4, -0.2) is 43.2 Å². The number of aryl methyl sites for hydroxylation is 1. The van der Waals surface area contributed by atoms with E-state index in [9.17, 15) is 18.0 Å². The Labute approximate surface area is 139 Å². The van der Waals surface area contributed by atoms with Crippen LogP contribution in [0.15, 0.2) is 47.5 Å². The van der Waals surface area contributed by atoms with Crippen molar-refractivity contribution in [3.8, 4) is 0 Å². The maximum Gasteiger partial charge on any atom is 0.280 e. The van der Waals surface area contributed by atoms with E-state index in [1.54, 1.807) is 18.2 Å². The summed E-state index contributed by atoms with van der Waals surface area (Å²) in [6.07, 6.45) is 1.44. The van der Waals surface area contributed by atoms with Crippen LogP contribution in [-0.2, 0) is 10.0 Å². The predicted octanol–water partition coefficient (Wildman–Crippen LogP) is 0.965. The molecule has 3 rings (SSSR count). The van der Waals surface area contributed by atoms with E-state index in [0.29, 0.717) is 0 Å². The lowest BCUT2D eigenvalue weighted by atomic mass is 10.2. The quantitative estimate of drug-likeness (QED) is 0.815. The number of hydrogen-bond donors (Lipinski definition) is 1. The first-order valence-electron chi connectivity index (χ1n) is 7.28. The van der Waals surface area contributed by atoms with Gasteiger partial charge in [-0.15, -0.1) is 0 Å². The van der Waals surface area contributed by atoms with E-state index in [-0.39, 0.29) is 29.2 Å². The summed E-state index contributed by atoms with van der Waals surface area (Å²) in [6, 6.07) is 9.51. The van der Waals surface area contributed by atoms with Gasteiger partial charge >= 0.3 is 0 Å². The first-order valence-corrected chi connectivity index (χ1v) is 8.76. The number of nitrogens with one attached hydrogen (secondary N) is 1. The Morgan fingerprint density at radius 2 is 1.79 bits per heavy atom. The molecule has 0 atom stereocenters. The minimum Gasteiger partial charge on any atom is -0.272 e. The number of pyridine rings is 1. The minimum absolute atomic E-state index is 0.0564. The van der Waals surface area contributed by atoms with Crippen LogP contribution in [0, 0.1) is 6.92 Å². The molecule has 0 aliphatic carbocycles. The van der Waals surface area contributed by atoms with Crippen LogP contribution in [0.2, 0.25) is 0 Å². The van der Waals surface area contributed by atoms with E-state index >= 15 is 0 Å². The zero-order valence-electron chi connectivity index (χ0n) is 12.9. The zero-order valence-corrected chi connectivity index (χ0v) is 13.7. The first kappa shape index (κ1) is 16.3. The summed E-state index contributed by atoms with van der Waals surface area (Å²) in [5.74, 6) is -0.970. The van der Waals surface area contributed by atoms with Gasteiger partial charge in [-0.3, -0.25) is 19.5 Å². The summed E-state index contributed by atoms with van der Waals surface area (Å²) < 4.78 is 26.8. The van der Waals surface area contributed by atoms with Crippen molar-refractivity contribution in [2.75, 3.05) is 13.1 Å². The van der Waals surface area contributed by atoms with E-state index in [1.807, 2.05) is 6.92 Å². The molecule has 7 nitrogen and oxygen atoms in total. The Hall–Kier alpha value is -2.58. The van der Waals surface area contributed by atoms with Crippen molar-refractivity contribution in [1.82, 2.24) is 14.6 Å². The highest BCUT2D eigenvalue weighted by molar-refractivity contribution is 7.89. The summed E-state index contributed by atoms with van der Waals surface area (Å²) in [7, 11) is -3.69. The number of aromatic nitrogens is 1. The lowest BCUT2D eigenvalue weighted by Crippen LogP contribution is -2.38. The third kappa shape index (κ3) is 2.93. The topological polar surface area (TPSA) is 96.4 Å². The second-order valence-electron chi connectivity index (χ2n) is 5.37. The number of benzene rings is 1. The van der Waals surface area contributed by atoms with E-state index < -0.39 is 21.8 Å². The lowest BCUT2D eigenvalue weighted by Gasteiger charge is -2.14. The van der Waals surface area contributed by atoms with Crippen LogP contribution >= 0.6 is 0 Å². The molecule has 1 aromatic heterocycles. The van der Waals surface area contributed by atoms with Crippen LogP contribution in [0.4, 0.5) is 0 Å². The highest BCUT2D eigenvalue weighted by Gasteiger charge is 2.36. The molecule has 0 spiro atoms. The monoisotopic (exact) mass is 345 g/mol. The smallest absolute Gasteiger partial charge is 0.272 e. The predicted molar refractivity (Wildman–Crippen MR) is 86.0 cm³/mol. The second kappa shape index (κ2) is 6.14. The molecule has 0 fully saturated rings. The van der Waals surface area contributed by atoms with Crippen LogP contribution in [0.3, 0.4) is 0 Å². The van der Waals surface area contributed by atoms with Crippen LogP contribution < -0.4 is 4.72 Å². The summed E-state index contributed by atoms with van der Waals surface area (Å²) in [5.41, 5.74) is 1.29. The van der Waals surface area contributed by atoms with Crippen LogP contribution in [0.25, 0.3) is 0 Å². The van der Waals surface area contributed by atoms with E-state index in [2.05, 4.69) is 9.71 Å². The van der Waals surface area contributed by atoms with Crippen molar-refractivity contribution in [3.63, 3.8) is 0 Å². The van der Waals surface area contributed by atoms with E-state index in [1.165, 1.54) is 24.4 Å². The Bertz CT molecular complexity index is 872. The molecule has 1 N–H and O–H groups in total. The molecule has 0 saturated carbocycles. The molecule has 124 valence electrons. The Morgan fingerprint density at radius 1 is 1.08 bits per heavy atom. The van der Waals surface area contributed by atoms with Gasteiger partial charge in [-0.1, -0.05) is 17.7 Å². The standard InChI is InChI=1S/C16H15N3O4S/c1-11-4-6-12(7-5-11)24(22,23)18-9-10-19-15(20)13-3-2-8-17-14(13)16(19)21/h2-8,18H,9-10H2,1H3. The lowest BCUT2D eigenvalue weighted by molar-refractivity contribution is 0.0655. The van der Waals surface area contributed by atoms with Gasteiger partial charge in [0.05, 0.1) is 10.5 Å². The molecule has 0 bridgehead atoms. The molecular weight excluding hydrogens is 330 g/mol. The third-order valence-corrected chi connectivity index (χ3v) is 5.17. The van der Waals surface area contributed by atoms with Crippen molar-refractivity contribution in [3.05, 3.63) is 59.4 Å². The van der Waals surface area contributed by atoms with Crippen molar-refractivity contribution in [2.45, 2.75) is 11.8 Å². The molecule has 0 saturated heterocycles. The van der Waals surface area contributed by atoms with Gasteiger partial charge in [0, 0.05) is 19.3 Å². The van der Waals surface area contributed by atoms with E-state index in [4.69, 9.17) is 0 Å². The number of hydrogen-bond acceptors (Lipinski definition) is 5. The molecule has 1 aliphatic rings. The average Bonchev–Trinajstić information content (AvgIpc) is 2.80. The number of fused-ring (bicyclic) bond motifs is 1. The third-order valence-electron chi connectivity index (χ3n) is 3.69. The zero-order chi connectivity index (χ0) is 17.3. The molecule has 0 unspecified atom stereocenters. The minimum atomic E-state index is -3.69. The Kier molecular flexibility index (Phi) is 4.16. The molecular formula is C16H15N3O4S. The van der Waals surface area contributed by atoms with Crippen molar-refractivity contribution < 1.29 is 18.0 Å². The molecule has 24 heavy (non-hydrogen) atoms. The van der Waals surface area contributed by atoms with Gasteiger partial charge in [0.2, 0.25) is 10.0 Å². The Morgan fingerprint density at radius 3 is 2.46 bits per heavy atom. The van der Waals surface area contributed by atoms with Gasteiger partial charge in [0.25, 0.3) is 11.8 Å². The first-order chi connectivity index (χ1) is 11.4. The molecule has 2 amide bonds. The SMILES string of the molecule is Cc1ccc(S(=O)(=O)NCCN2C(=O)c3cccnc3C2=O)cc1. The summed E-state index contributed by atoms with van der Waals surface area (Å²) in [5, 5.41) is 0. The fourth-order valence-corrected chi connectivity index (χ4v) is 3.43. The van der Waals surface area contributed by atoms with Crippen LogP contribution in [0.5, 0.6) is 0 Å². The van der Waals surface area contributed by atoms with Gasteiger partial charge in [-0.2, -0.15) is 0 Å². The number of amides is 2. The van der Waals surface area contributed by atoms with Gasteiger partial charge < -0.3 is 0 Å². The van der Waals surface area contributed by atoms with Crippen molar-refractivity contribution in [2.24, 2.45) is 0 Å². The molecule has 2 heterocycles. The maximum atomic E-state index is 12.2. The van der Waals surface area contributed by atoms with Gasteiger partial charge in [-0.05, 0) is 31.2 Å². The average molecular weight is 345 g/mol. The summed E-state index contributed by atoms with van der Waals surface area (Å²) in [4.78, 5) is 29.3. The largest absolute Gasteiger partial charge is 0.280 e. The summed E-state index contributed by atoms with van der Waals surface area (Å²) in [6.45, 7) is 1.74. The summed E-state index contributed by atoms with van der Waals surface area (Å²) >= 11 is 0. The van der Waals surface area contributed by atoms with Crippen LogP contribution in [0.1, 0.15) is 26.4 Å². The van der Waals surface area contributed by atoms with Crippen molar-refractivity contribution >= 4 is 21.8 Å². The molecule has 2 aromatic rings. The van der Waals surface area contributed by atoms with Gasteiger partial charge in [0.1, 0.15) is 5.69 Å². The highest BCUT2D eigenvalue weighted by atomic mass is 32.2. The number of nitrogens with zero attached hydrogens (tertiary/aromatic N) is 2. The van der Waals surface area contributed by atoms with Crippen molar-refractivity contribution in [1.29, 1.82) is 0 Å². The second-order valence-corrected chi connectivity index (χ2v) is 7.14. The number of imide groups is 1. The molecule has 1 aromatic carbocycles. The molecule has 8 heteroatoms. The Balaban J connectivity index is 1.66. The van der Waals surface area contributed by atoms with E-state index in [0.717, 1.165) is 10.5 Å². The number of carbonyl (C=O) groups excluding carboxylic acids is 2. The number of carbonyl (C=O) groups is 2. The molecule has 0 radical (unpaired) electrons.